The highest BCUT2D eigenvalue weighted by atomic mass is 16.3. The molecule has 0 aliphatic heterocycles. The monoisotopic (exact) mass is 723 g/mol. The highest BCUT2D eigenvalue weighted by Gasteiger charge is 2.22. The van der Waals surface area contributed by atoms with Crippen molar-refractivity contribution in [2.24, 2.45) is 0 Å². The van der Waals surface area contributed by atoms with Crippen LogP contribution in [0.2, 0.25) is 0 Å². The van der Waals surface area contributed by atoms with Gasteiger partial charge in [-0.25, -0.2) is 0 Å². The molecule has 0 aromatic heterocycles. The molecule has 6 rings (SSSR count). The lowest BCUT2D eigenvalue weighted by Gasteiger charge is -2.21. The van der Waals surface area contributed by atoms with E-state index in [1.165, 1.54) is 123 Å². The van der Waals surface area contributed by atoms with Crippen molar-refractivity contribution in [1.29, 1.82) is 0 Å². The molecule has 0 fully saturated rings. The van der Waals surface area contributed by atoms with E-state index in [1.54, 1.807) is 0 Å². The molecule has 0 heterocycles. The molecule has 0 amide bonds. The topological polar surface area (TPSA) is 40.5 Å². The fraction of sp³-hybridized carbons (Fsp3) is 0.462. The second-order valence-electron chi connectivity index (χ2n) is 16.2. The van der Waals surface area contributed by atoms with Gasteiger partial charge in [-0.2, -0.15) is 0 Å². The van der Waals surface area contributed by atoms with Crippen LogP contribution in [0.3, 0.4) is 0 Å². The number of hydrogen-bond donors (Lipinski definition) is 2. The van der Waals surface area contributed by atoms with Crippen LogP contribution >= 0.6 is 0 Å². The maximum atomic E-state index is 12.1. The van der Waals surface area contributed by atoms with Crippen molar-refractivity contribution < 1.29 is 10.2 Å². The summed E-state index contributed by atoms with van der Waals surface area (Å²) in [4.78, 5) is 0. The molecular formula is C52H66O2. The van der Waals surface area contributed by atoms with Gasteiger partial charge in [0.05, 0.1) is 0 Å². The number of fused-ring (bicyclic) bond motifs is 4. The summed E-state index contributed by atoms with van der Waals surface area (Å²) in [6.07, 6.45) is 23.7. The van der Waals surface area contributed by atoms with Crippen molar-refractivity contribution in [3.8, 4) is 22.6 Å². The summed E-state index contributed by atoms with van der Waals surface area (Å²) in [5.41, 5.74) is 7.58. The van der Waals surface area contributed by atoms with Crippen LogP contribution in [-0.2, 0) is 25.7 Å². The highest BCUT2D eigenvalue weighted by Crippen LogP contribution is 2.50. The van der Waals surface area contributed by atoms with Crippen molar-refractivity contribution in [2.75, 3.05) is 0 Å². The van der Waals surface area contributed by atoms with Crippen LogP contribution in [0.1, 0.15) is 153 Å². The van der Waals surface area contributed by atoms with E-state index in [0.29, 0.717) is 11.5 Å². The first-order chi connectivity index (χ1) is 26.5. The number of phenolic OH excluding ortho intramolecular Hbond substituents is 2. The summed E-state index contributed by atoms with van der Waals surface area (Å²) >= 11 is 0. The van der Waals surface area contributed by atoms with Crippen molar-refractivity contribution in [1.82, 2.24) is 0 Å². The fourth-order valence-corrected chi connectivity index (χ4v) is 8.78. The van der Waals surface area contributed by atoms with Crippen LogP contribution in [0.15, 0.2) is 72.8 Å². The predicted octanol–water partition coefficient (Wildman–Crippen LogP) is 15.9. The smallest absolute Gasteiger partial charge is 0.131 e. The minimum Gasteiger partial charge on any atom is -0.507 e. The fourth-order valence-electron chi connectivity index (χ4n) is 8.78. The molecule has 0 saturated carbocycles. The van der Waals surface area contributed by atoms with Gasteiger partial charge in [0.2, 0.25) is 0 Å². The number of aryl methyl sites for hydroxylation is 4. The van der Waals surface area contributed by atoms with Gasteiger partial charge in [-0.3, -0.25) is 0 Å². The Labute approximate surface area is 326 Å². The largest absolute Gasteiger partial charge is 0.507 e. The summed E-state index contributed by atoms with van der Waals surface area (Å²) in [6.45, 7) is 9.06. The first-order valence-corrected chi connectivity index (χ1v) is 21.9. The molecule has 54 heavy (non-hydrogen) atoms. The molecule has 2 nitrogen and oxygen atoms in total. The summed E-state index contributed by atoms with van der Waals surface area (Å²) in [5.74, 6) is 0.769. The maximum absolute atomic E-state index is 12.1. The first-order valence-electron chi connectivity index (χ1n) is 21.9. The number of phenols is 2. The third kappa shape index (κ3) is 9.07. The average Bonchev–Trinajstić information content (AvgIpc) is 3.19. The molecule has 0 atom stereocenters. The predicted molar refractivity (Wildman–Crippen MR) is 237 cm³/mol. The van der Waals surface area contributed by atoms with Crippen LogP contribution in [0, 0.1) is 0 Å². The molecule has 0 saturated heterocycles. The number of aromatic hydroxyl groups is 2. The number of benzene rings is 6. The molecule has 0 unspecified atom stereocenters. The van der Waals surface area contributed by atoms with Gasteiger partial charge < -0.3 is 10.2 Å². The molecule has 6 aromatic rings. The van der Waals surface area contributed by atoms with Crippen LogP contribution in [0.4, 0.5) is 0 Å². The summed E-state index contributed by atoms with van der Waals surface area (Å²) in [5, 5.41) is 32.3. The quantitative estimate of drug-likeness (QED) is 0.0574. The van der Waals surface area contributed by atoms with E-state index in [0.717, 1.165) is 81.6 Å². The molecule has 2 heteroatoms. The lowest BCUT2D eigenvalue weighted by atomic mass is 9.83. The highest BCUT2D eigenvalue weighted by molar-refractivity contribution is 6.26. The van der Waals surface area contributed by atoms with Crippen LogP contribution in [-0.4, -0.2) is 10.2 Å². The first kappa shape index (κ1) is 39.6. The molecule has 6 aromatic carbocycles. The van der Waals surface area contributed by atoms with E-state index in [-0.39, 0.29) is 0 Å². The third-order valence-corrected chi connectivity index (χ3v) is 12.0. The third-order valence-electron chi connectivity index (χ3n) is 12.0. The van der Waals surface area contributed by atoms with E-state index in [9.17, 15) is 10.2 Å². The van der Waals surface area contributed by atoms with Crippen molar-refractivity contribution in [3.63, 3.8) is 0 Å². The molecule has 0 spiro atoms. The zero-order chi connectivity index (χ0) is 37.9. The Bertz CT molecular complexity index is 2000. The van der Waals surface area contributed by atoms with Gasteiger partial charge >= 0.3 is 0 Å². The minimum absolute atomic E-state index is 0.384. The summed E-state index contributed by atoms with van der Waals surface area (Å²) < 4.78 is 0. The lowest BCUT2D eigenvalue weighted by Crippen LogP contribution is -1.96. The Balaban J connectivity index is 1.63. The van der Waals surface area contributed by atoms with Gasteiger partial charge in [0.1, 0.15) is 11.5 Å². The van der Waals surface area contributed by atoms with E-state index in [1.807, 2.05) is 0 Å². The average molecular weight is 723 g/mol. The van der Waals surface area contributed by atoms with Crippen LogP contribution < -0.4 is 0 Å². The maximum Gasteiger partial charge on any atom is 0.131 e. The summed E-state index contributed by atoms with van der Waals surface area (Å²) in [7, 11) is 0. The zero-order valence-corrected chi connectivity index (χ0v) is 34.0. The molecule has 0 bridgehead atoms. The Morgan fingerprint density at radius 3 is 0.870 bits per heavy atom. The van der Waals surface area contributed by atoms with Crippen molar-refractivity contribution >= 4 is 43.1 Å². The van der Waals surface area contributed by atoms with E-state index in [4.69, 9.17) is 0 Å². The molecular weight excluding hydrogens is 657 g/mol. The van der Waals surface area contributed by atoms with E-state index in [2.05, 4.69) is 100 Å². The van der Waals surface area contributed by atoms with Crippen molar-refractivity contribution in [2.45, 2.75) is 156 Å². The normalized spacial score (nSPS) is 11.9. The molecule has 0 aliphatic rings. The van der Waals surface area contributed by atoms with Gasteiger partial charge in [0.15, 0.2) is 0 Å². The van der Waals surface area contributed by atoms with E-state index >= 15 is 0 Å². The Kier molecular flexibility index (Phi) is 14.3. The van der Waals surface area contributed by atoms with Crippen LogP contribution in [0.25, 0.3) is 54.2 Å². The second kappa shape index (κ2) is 19.5. The molecule has 286 valence electrons. The lowest BCUT2D eigenvalue weighted by molar-refractivity contribution is 0.487. The standard InChI is InChI=1S/C52H66O2/c1-5-9-13-17-21-37-27-31-43-45(33-37)49(41-29-25-39(23-19-15-11-7-3)35-47(41)51(43)53)50-42-30-26-40(24-20-16-12-8-4)36-48(42)52(54)44-32-28-38(34-46(44)50)22-18-14-10-6-2/h25-36,53-54H,5-24H2,1-4H3. The molecule has 0 aliphatic carbocycles. The van der Waals surface area contributed by atoms with Crippen molar-refractivity contribution in [3.05, 3.63) is 95.1 Å². The van der Waals surface area contributed by atoms with Gasteiger partial charge in [-0.15, -0.1) is 0 Å². The number of hydrogen-bond acceptors (Lipinski definition) is 2. The van der Waals surface area contributed by atoms with Gasteiger partial charge in [0, 0.05) is 21.5 Å². The minimum atomic E-state index is 0.384. The Hall–Kier alpha value is -4.04. The molecule has 2 N–H and O–H groups in total. The Morgan fingerprint density at radius 2 is 0.574 bits per heavy atom. The second-order valence-corrected chi connectivity index (χ2v) is 16.2. The summed E-state index contributed by atoms with van der Waals surface area (Å²) in [6, 6.07) is 27.3. The van der Waals surface area contributed by atoms with E-state index < -0.39 is 0 Å². The van der Waals surface area contributed by atoms with Gasteiger partial charge in [-0.1, -0.05) is 165 Å². The van der Waals surface area contributed by atoms with Crippen LogP contribution in [0.5, 0.6) is 11.5 Å². The van der Waals surface area contributed by atoms with Gasteiger partial charge in [0.25, 0.3) is 0 Å². The Morgan fingerprint density at radius 1 is 0.296 bits per heavy atom. The number of unbranched alkanes of at least 4 members (excludes halogenated alkanes) is 12. The zero-order valence-electron chi connectivity index (χ0n) is 34.0. The molecule has 0 radical (unpaired) electrons. The SMILES string of the molecule is CCCCCCc1ccc2c(-c3c4ccc(CCCCCC)cc4c(O)c4ccc(CCCCCC)cc34)c3cc(CCCCCC)ccc3c(O)c2c1. The van der Waals surface area contributed by atoms with Gasteiger partial charge in [-0.05, 0) is 118 Å². The number of rotatable bonds is 21.